The Hall–Kier alpha value is -3.81. The van der Waals surface area contributed by atoms with Crippen molar-refractivity contribution in [2.24, 2.45) is 0 Å². The minimum atomic E-state index is -0.263. The van der Waals surface area contributed by atoms with Crippen LogP contribution >= 0.6 is 0 Å². The van der Waals surface area contributed by atoms with E-state index in [4.69, 9.17) is 4.98 Å². The molecule has 5 rings (SSSR count). The molecule has 1 aromatic carbocycles. The van der Waals surface area contributed by atoms with Crippen LogP contribution in [-0.4, -0.2) is 51.9 Å². The molecule has 174 valence electrons. The van der Waals surface area contributed by atoms with Gasteiger partial charge in [0.2, 0.25) is 5.91 Å². The van der Waals surface area contributed by atoms with Gasteiger partial charge in [0.05, 0.1) is 22.8 Å². The van der Waals surface area contributed by atoms with Gasteiger partial charge in [-0.15, -0.1) is 0 Å². The predicted octanol–water partition coefficient (Wildman–Crippen LogP) is 4.47. The highest BCUT2D eigenvalue weighted by Crippen LogP contribution is 2.33. The van der Waals surface area contributed by atoms with Gasteiger partial charge < -0.3 is 15.1 Å². The van der Waals surface area contributed by atoms with Gasteiger partial charge in [-0.3, -0.25) is 14.8 Å². The first-order valence-corrected chi connectivity index (χ1v) is 11.5. The number of benzene rings is 1. The lowest BCUT2D eigenvalue weighted by Gasteiger charge is -2.36. The fraction of sp³-hybridized carbons (Fsp3) is 0.308. The Morgan fingerprint density at radius 3 is 2.62 bits per heavy atom. The van der Waals surface area contributed by atoms with E-state index in [1.54, 1.807) is 32.3 Å². The number of halogens is 1. The van der Waals surface area contributed by atoms with Crippen molar-refractivity contribution in [1.82, 2.24) is 19.9 Å². The zero-order valence-corrected chi connectivity index (χ0v) is 19.5. The molecule has 1 N–H and O–H groups in total. The number of carbonyl (C=O) groups excluding carboxylic acids is 1. The highest BCUT2D eigenvalue weighted by atomic mass is 19.1. The Morgan fingerprint density at radius 2 is 1.85 bits per heavy atom. The molecule has 0 saturated carbocycles. The fourth-order valence-electron chi connectivity index (χ4n) is 4.58. The van der Waals surface area contributed by atoms with E-state index >= 15 is 0 Å². The summed E-state index contributed by atoms with van der Waals surface area (Å²) in [5.41, 5.74) is 4.73. The minimum absolute atomic E-state index is 0.0800. The van der Waals surface area contributed by atoms with E-state index in [2.05, 4.69) is 33.2 Å². The van der Waals surface area contributed by atoms with E-state index in [0.29, 0.717) is 37.3 Å². The van der Waals surface area contributed by atoms with Crippen molar-refractivity contribution in [1.29, 1.82) is 0 Å². The van der Waals surface area contributed by atoms with Crippen LogP contribution in [0.4, 0.5) is 15.9 Å². The molecule has 1 unspecified atom stereocenters. The molecule has 1 amide bonds. The van der Waals surface area contributed by atoms with Crippen molar-refractivity contribution < 1.29 is 9.18 Å². The lowest BCUT2D eigenvalue weighted by atomic mass is 10.0. The van der Waals surface area contributed by atoms with Crippen molar-refractivity contribution in [3.63, 3.8) is 0 Å². The number of nitrogens with one attached hydrogen (secondary N) is 1. The zero-order chi connectivity index (χ0) is 23.8. The molecule has 0 spiro atoms. The molecule has 0 radical (unpaired) electrons. The van der Waals surface area contributed by atoms with Gasteiger partial charge >= 0.3 is 0 Å². The van der Waals surface area contributed by atoms with Crippen molar-refractivity contribution in [2.45, 2.75) is 26.8 Å². The topological polar surface area (TPSA) is 74.2 Å². The Balaban J connectivity index is 1.56. The molecule has 1 aliphatic rings. The summed E-state index contributed by atoms with van der Waals surface area (Å²) < 4.78 is 14.3. The molecule has 34 heavy (non-hydrogen) atoms. The van der Waals surface area contributed by atoms with Crippen molar-refractivity contribution >= 4 is 39.3 Å². The van der Waals surface area contributed by atoms with Gasteiger partial charge in [0, 0.05) is 62.0 Å². The highest BCUT2D eigenvalue weighted by molar-refractivity contribution is 5.88. The number of rotatable bonds is 4. The van der Waals surface area contributed by atoms with E-state index in [0.717, 1.165) is 33.5 Å². The quantitative estimate of drug-likeness (QED) is 0.487. The molecular formula is C26H27FN6O. The number of nitrogens with zero attached hydrogens (tertiary/aromatic N) is 5. The Kier molecular flexibility index (Phi) is 5.73. The summed E-state index contributed by atoms with van der Waals surface area (Å²) in [6.07, 6.45) is 3.53. The van der Waals surface area contributed by atoms with Crippen LogP contribution in [0.2, 0.25) is 0 Å². The van der Waals surface area contributed by atoms with Crippen LogP contribution in [0.5, 0.6) is 0 Å². The molecule has 4 heterocycles. The van der Waals surface area contributed by atoms with Crippen molar-refractivity contribution in [3.05, 3.63) is 65.7 Å². The molecule has 8 heteroatoms. The Morgan fingerprint density at radius 1 is 1.06 bits per heavy atom. The van der Waals surface area contributed by atoms with Gasteiger partial charge in [0.1, 0.15) is 17.2 Å². The van der Waals surface area contributed by atoms with Gasteiger partial charge in [-0.2, -0.15) is 0 Å². The smallest absolute Gasteiger partial charge is 0.219 e. The maximum absolute atomic E-state index is 14.3. The molecule has 0 bridgehead atoms. The standard InChI is InChI=1S/C26H27FN6O/c1-16-21(27)7-6-19-15-20(17(2)30-23-8-10-28-22-5-4-9-29-25(22)23)26(31-24(16)19)33-13-11-32(12-14-33)18(3)34/h4-10,15,17H,11-14H2,1-3H3,(H,28,30). The average Bonchev–Trinajstić information content (AvgIpc) is 2.86. The van der Waals surface area contributed by atoms with Crippen LogP contribution < -0.4 is 10.2 Å². The van der Waals surface area contributed by atoms with E-state index < -0.39 is 0 Å². The van der Waals surface area contributed by atoms with Crippen LogP contribution in [0, 0.1) is 12.7 Å². The average molecular weight is 459 g/mol. The van der Waals surface area contributed by atoms with Gasteiger partial charge in [0.25, 0.3) is 0 Å². The van der Waals surface area contributed by atoms with Crippen LogP contribution in [-0.2, 0) is 4.79 Å². The zero-order valence-electron chi connectivity index (χ0n) is 19.5. The summed E-state index contributed by atoms with van der Waals surface area (Å²) in [6.45, 7) is 8.06. The van der Waals surface area contributed by atoms with Crippen LogP contribution in [0.3, 0.4) is 0 Å². The molecule has 1 aliphatic heterocycles. The minimum Gasteiger partial charge on any atom is -0.377 e. The maximum Gasteiger partial charge on any atom is 0.219 e. The Bertz CT molecular complexity index is 1380. The molecule has 3 aromatic heterocycles. The van der Waals surface area contributed by atoms with Crippen LogP contribution in [0.1, 0.15) is 31.0 Å². The molecule has 7 nitrogen and oxygen atoms in total. The summed E-state index contributed by atoms with van der Waals surface area (Å²) in [5.74, 6) is 0.632. The van der Waals surface area contributed by atoms with Crippen molar-refractivity contribution in [2.75, 3.05) is 36.4 Å². The predicted molar refractivity (Wildman–Crippen MR) is 132 cm³/mol. The number of piperazine rings is 1. The molecule has 1 fully saturated rings. The summed E-state index contributed by atoms with van der Waals surface area (Å²) >= 11 is 0. The summed E-state index contributed by atoms with van der Waals surface area (Å²) in [6, 6.07) is 11.0. The number of anilines is 2. The lowest BCUT2D eigenvalue weighted by Crippen LogP contribution is -2.48. The second-order valence-electron chi connectivity index (χ2n) is 8.73. The SMILES string of the molecule is CC(=O)N1CCN(c2nc3c(C)c(F)ccc3cc2C(C)Nc2ccnc3cccnc23)CC1. The van der Waals surface area contributed by atoms with Crippen molar-refractivity contribution in [3.8, 4) is 0 Å². The number of hydrogen-bond donors (Lipinski definition) is 1. The third-order valence-electron chi connectivity index (χ3n) is 6.54. The highest BCUT2D eigenvalue weighted by Gasteiger charge is 2.25. The molecule has 1 atom stereocenters. The van der Waals surface area contributed by atoms with E-state index in [1.807, 2.05) is 23.1 Å². The van der Waals surface area contributed by atoms with Gasteiger partial charge in [-0.1, -0.05) is 0 Å². The molecule has 1 saturated heterocycles. The number of aromatic nitrogens is 3. The van der Waals surface area contributed by atoms with Crippen LogP contribution in [0.25, 0.3) is 21.9 Å². The second kappa shape index (κ2) is 8.85. The number of fused-ring (bicyclic) bond motifs is 2. The normalized spacial score (nSPS) is 15.1. The largest absolute Gasteiger partial charge is 0.377 e. The third-order valence-corrected chi connectivity index (χ3v) is 6.54. The summed E-state index contributed by atoms with van der Waals surface area (Å²) in [5, 5.41) is 4.49. The first kappa shape index (κ1) is 22.0. The number of amides is 1. The maximum atomic E-state index is 14.3. The van der Waals surface area contributed by atoms with Gasteiger partial charge in [-0.05, 0) is 50.2 Å². The monoisotopic (exact) mass is 458 g/mol. The number of pyridine rings is 3. The molecular weight excluding hydrogens is 431 g/mol. The molecule has 4 aromatic rings. The summed E-state index contributed by atoms with van der Waals surface area (Å²) in [7, 11) is 0. The number of carbonyl (C=O) groups is 1. The second-order valence-corrected chi connectivity index (χ2v) is 8.73. The first-order chi connectivity index (χ1) is 16.4. The number of hydrogen-bond acceptors (Lipinski definition) is 6. The first-order valence-electron chi connectivity index (χ1n) is 11.5. The van der Waals surface area contributed by atoms with Gasteiger partial charge in [0.15, 0.2) is 0 Å². The van der Waals surface area contributed by atoms with Crippen LogP contribution in [0.15, 0.2) is 48.8 Å². The molecule has 0 aliphatic carbocycles. The summed E-state index contributed by atoms with van der Waals surface area (Å²) in [4.78, 5) is 29.7. The third kappa shape index (κ3) is 4.00. The fourth-order valence-corrected chi connectivity index (χ4v) is 4.58. The number of aryl methyl sites for hydroxylation is 1. The lowest BCUT2D eigenvalue weighted by molar-refractivity contribution is -0.129. The van der Waals surface area contributed by atoms with E-state index in [1.165, 1.54) is 6.07 Å². The van der Waals surface area contributed by atoms with E-state index in [-0.39, 0.29) is 17.8 Å². The van der Waals surface area contributed by atoms with Gasteiger partial charge in [-0.25, -0.2) is 9.37 Å². The Labute approximate surface area is 197 Å². The van der Waals surface area contributed by atoms with E-state index in [9.17, 15) is 9.18 Å².